The number of piperazine rings is 1. The molecule has 38 heavy (non-hydrogen) atoms. The average Bonchev–Trinajstić information content (AvgIpc) is 2.99. The summed E-state index contributed by atoms with van der Waals surface area (Å²) in [6, 6.07) is 28.7. The van der Waals surface area contributed by atoms with Crippen molar-refractivity contribution in [3.05, 3.63) is 102 Å². The topological polar surface area (TPSA) is 44.8 Å². The SMILES string of the molecule is CC.CC.CCOc1ccc(CNC(Cc2ccccc2)C(=O)N2CCN(Cc3ccccc3)CC2)cc1. The van der Waals surface area contributed by atoms with Crippen LogP contribution in [0.2, 0.25) is 0 Å². The molecule has 1 atom stereocenters. The Labute approximate surface area is 230 Å². The lowest BCUT2D eigenvalue weighted by molar-refractivity contribution is -0.135. The summed E-state index contributed by atoms with van der Waals surface area (Å²) < 4.78 is 5.54. The first-order valence-electron chi connectivity index (χ1n) is 14.3. The van der Waals surface area contributed by atoms with E-state index in [9.17, 15) is 4.79 Å². The van der Waals surface area contributed by atoms with Gasteiger partial charge in [-0.3, -0.25) is 9.69 Å². The van der Waals surface area contributed by atoms with Crippen LogP contribution in [-0.2, 0) is 24.3 Å². The van der Waals surface area contributed by atoms with Gasteiger partial charge in [0.2, 0.25) is 5.91 Å². The van der Waals surface area contributed by atoms with E-state index >= 15 is 0 Å². The molecule has 1 aliphatic heterocycles. The van der Waals surface area contributed by atoms with Crippen molar-refractivity contribution in [3.8, 4) is 5.75 Å². The van der Waals surface area contributed by atoms with Crippen LogP contribution in [0.1, 0.15) is 51.3 Å². The lowest BCUT2D eigenvalue weighted by Gasteiger charge is -2.36. The van der Waals surface area contributed by atoms with E-state index in [0.717, 1.165) is 44.0 Å². The quantitative estimate of drug-likeness (QED) is 0.349. The zero-order chi connectivity index (χ0) is 27.6. The zero-order valence-corrected chi connectivity index (χ0v) is 24.0. The van der Waals surface area contributed by atoms with Crippen LogP contribution < -0.4 is 10.1 Å². The van der Waals surface area contributed by atoms with Gasteiger partial charge in [-0.15, -0.1) is 0 Å². The second-order valence-corrected chi connectivity index (χ2v) is 8.79. The third-order valence-electron chi connectivity index (χ3n) is 6.30. The van der Waals surface area contributed by atoms with Gasteiger partial charge in [-0.2, -0.15) is 0 Å². The van der Waals surface area contributed by atoms with Crippen LogP contribution in [0.25, 0.3) is 0 Å². The fourth-order valence-electron chi connectivity index (χ4n) is 4.40. The Morgan fingerprint density at radius 1 is 0.763 bits per heavy atom. The molecule has 0 aromatic heterocycles. The fraction of sp³-hybridized carbons (Fsp3) is 0.424. The lowest BCUT2D eigenvalue weighted by Crippen LogP contribution is -2.54. The maximum atomic E-state index is 13.6. The van der Waals surface area contributed by atoms with Gasteiger partial charge in [0.25, 0.3) is 0 Å². The first-order chi connectivity index (χ1) is 18.7. The molecular weight excluding hydrogens is 470 g/mol. The number of nitrogens with one attached hydrogen (secondary N) is 1. The van der Waals surface area contributed by atoms with Crippen LogP contribution in [-0.4, -0.2) is 54.5 Å². The number of nitrogens with zero attached hydrogens (tertiary/aromatic N) is 2. The summed E-state index contributed by atoms with van der Waals surface area (Å²) in [4.78, 5) is 18.0. The Hall–Kier alpha value is -3.15. The van der Waals surface area contributed by atoms with Gasteiger partial charge in [-0.25, -0.2) is 0 Å². The number of carbonyl (C=O) groups is 1. The number of benzene rings is 3. The van der Waals surface area contributed by atoms with E-state index in [2.05, 4.69) is 58.7 Å². The molecule has 1 aliphatic rings. The summed E-state index contributed by atoms with van der Waals surface area (Å²) in [6.45, 7) is 15.6. The molecular formula is C33H47N3O2. The van der Waals surface area contributed by atoms with Gasteiger partial charge in [-0.05, 0) is 42.2 Å². The van der Waals surface area contributed by atoms with E-state index in [0.29, 0.717) is 19.6 Å². The van der Waals surface area contributed by atoms with Crippen LogP contribution >= 0.6 is 0 Å². The van der Waals surface area contributed by atoms with E-state index in [1.807, 2.05) is 75.9 Å². The molecule has 1 heterocycles. The molecule has 3 aromatic carbocycles. The average molecular weight is 518 g/mol. The molecule has 0 aliphatic carbocycles. The summed E-state index contributed by atoms with van der Waals surface area (Å²) in [5.41, 5.74) is 3.63. The second-order valence-electron chi connectivity index (χ2n) is 8.79. The van der Waals surface area contributed by atoms with Gasteiger partial charge in [-0.1, -0.05) is 100 Å². The van der Waals surface area contributed by atoms with Gasteiger partial charge >= 0.3 is 0 Å². The molecule has 4 rings (SSSR count). The number of rotatable bonds is 10. The van der Waals surface area contributed by atoms with Crippen LogP contribution in [0.4, 0.5) is 0 Å². The Morgan fingerprint density at radius 2 is 1.32 bits per heavy atom. The van der Waals surface area contributed by atoms with E-state index < -0.39 is 0 Å². The van der Waals surface area contributed by atoms with E-state index in [1.54, 1.807) is 0 Å². The Morgan fingerprint density at radius 3 is 1.87 bits per heavy atom. The molecule has 0 spiro atoms. The van der Waals surface area contributed by atoms with Crippen LogP contribution in [0.3, 0.4) is 0 Å². The van der Waals surface area contributed by atoms with Crippen molar-refractivity contribution >= 4 is 5.91 Å². The van der Waals surface area contributed by atoms with E-state index in [4.69, 9.17) is 4.74 Å². The zero-order valence-electron chi connectivity index (χ0n) is 24.0. The second kappa shape index (κ2) is 18.2. The summed E-state index contributed by atoms with van der Waals surface area (Å²) in [5, 5.41) is 3.54. The molecule has 0 saturated carbocycles. The minimum Gasteiger partial charge on any atom is -0.494 e. The Kier molecular flexibility index (Phi) is 14.8. The fourth-order valence-corrected chi connectivity index (χ4v) is 4.40. The van der Waals surface area contributed by atoms with Crippen LogP contribution in [0.5, 0.6) is 5.75 Å². The maximum Gasteiger partial charge on any atom is 0.240 e. The number of hydrogen-bond donors (Lipinski definition) is 1. The normalized spacial score (nSPS) is 13.9. The first kappa shape index (κ1) is 31.1. The van der Waals surface area contributed by atoms with Crippen molar-refractivity contribution in [1.82, 2.24) is 15.1 Å². The molecule has 3 aromatic rings. The summed E-state index contributed by atoms with van der Waals surface area (Å²) in [7, 11) is 0. The van der Waals surface area contributed by atoms with Crippen molar-refractivity contribution in [3.63, 3.8) is 0 Å². The molecule has 5 heteroatoms. The molecule has 206 valence electrons. The number of hydrogen-bond acceptors (Lipinski definition) is 4. The van der Waals surface area contributed by atoms with Gasteiger partial charge < -0.3 is 15.0 Å². The Balaban J connectivity index is 0.00000121. The minimum absolute atomic E-state index is 0.189. The molecule has 1 N–H and O–H groups in total. The van der Waals surface area contributed by atoms with E-state index in [1.165, 1.54) is 11.1 Å². The standard InChI is InChI=1S/C29H35N3O2.2C2H6/c1-2-34-27-15-13-25(14-16-27)22-30-28(21-24-9-5-3-6-10-24)29(33)32-19-17-31(18-20-32)23-26-11-7-4-8-12-26;2*1-2/h3-16,28,30H,2,17-23H2,1H3;2*1-2H3. The highest BCUT2D eigenvalue weighted by Gasteiger charge is 2.27. The van der Waals surface area contributed by atoms with Crippen molar-refractivity contribution in [2.75, 3.05) is 32.8 Å². The molecule has 0 radical (unpaired) electrons. The van der Waals surface area contributed by atoms with Gasteiger partial charge in [0, 0.05) is 39.3 Å². The molecule has 5 nitrogen and oxygen atoms in total. The van der Waals surface area contributed by atoms with Crippen LogP contribution in [0, 0.1) is 0 Å². The van der Waals surface area contributed by atoms with E-state index in [-0.39, 0.29) is 11.9 Å². The molecule has 1 fully saturated rings. The van der Waals surface area contributed by atoms with Gasteiger partial charge in [0.05, 0.1) is 12.6 Å². The van der Waals surface area contributed by atoms with Crippen LogP contribution in [0.15, 0.2) is 84.9 Å². The summed E-state index contributed by atoms with van der Waals surface area (Å²) in [6.07, 6.45) is 0.681. The minimum atomic E-state index is -0.255. The molecule has 1 saturated heterocycles. The number of amides is 1. The predicted octanol–water partition coefficient (Wildman–Crippen LogP) is 6.18. The monoisotopic (exact) mass is 517 g/mol. The summed E-state index contributed by atoms with van der Waals surface area (Å²) >= 11 is 0. The highest BCUT2D eigenvalue weighted by atomic mass is 16.5. The highest BCUT2D eigenvalue weighted by Crippen LogP contribution is 2.14. The number of ether oxygens (including phenoxy) is 1. The smallest absolute Gasteiger partial charge is 0.240 e. The maximum absolute atomic E-state index is 13.6. The Bertz CT molecular complexity index is 1000. The number of carbonyl (C=O) groups excluding carboxylic acids is 1. The summed E-state index contributed by atoms with van der Waals surface area (Å²) in [5.74, 6) is 1.06. The largest absolute Gasteiger partial charge is 0.494 e. The third-order valence-corrected chi connectivity index (χ3v) is 6.30. The predicted molar refractivity (Wildman–Crippen MR) is 159 cm³/mol. The van der Waals surface area contributed by atoms with Crippen molar-refractivity contribution in [2.45, 2.75) is 60.2 Å². The molecule has 1 unspecified atom stereocenters. The molecule has 0 bridgehead atoms. The highest BCUT2D eigenvalue weighted by molar-refractivity contribution is 5.82. The van der Waals surface area contributed by atoms with Gasteiger partial charge in [0.15, 0.2) is 0 Å². The van der Waals surface area contributed by atoms with Gasteiger partial charge in [0.1, 0.15) is 5.75 Å². The lowest BCUT2D eigenvalue weighted by atomic mass is 10.0. The third kappa shape index (κ3) is 10.3. The van der Waals surface area contributed by atoms with Crippen molar-refractivity contribution in [2.24, 2.45) is 0 Å². The first-order valence-corrected chi connectivity index (χ1v) is 14.3. The molecule has 1 amide bonds. The van der Waals surface area contributed by atoms with Crippen molar-refractivity contribution in [1.29, 1.82) is 0 Å². The van der Waals surface area contributed by atoms with Crippen molar-refractivity contribution < 1.29 is 9.53 Å².